The Morgan fingerprint density at radius 2 is 1.79 bits per heavy atom. The van der Waals surface area contributed by atoms with E-state index in [-0.39, 0.29) is 5.54 Å². The van der Waals surface area contributed by atoms with Crippen LogP contribution in [0.5, 0.6) is 0 Å². The van der Waals surface area contributed by atoms with Crippen molar-refractivity contribution in [2.45, 2.75) is 32.9 Å². The normalized spacial score (nSPS) is 12.1. The maximum atomic E-state index is 3.51. The zero-order valence-electron chi connectivity index (χ0n) is 12.8. The molecule has 0 fully saturated rings. The summed E-state index contributed by atoms with van der Waals surface area (Å²) >= 11 is 1.89. The second-order valence-corrected chi connectivity index (χ2v) is 6.81. The monoisotopic (exact) mass is 280 g/mol. The maximum Gasteiger partial charge on any atom is 0.0239 e. The van der Waals surface area contributed by atoms with E-state index in [1.807, 2.05) is 11.8 Å². The van der Waals surface area contributed by atoms with Crippen LogP contribution in [0.3, 0.4) is 0 Å². The minimum Gasteiger partial charge on any atom is -0.315 e. The van der Waals surface area contributed by atoms with Crippen LogP contribution in [-0.2, 0) is 6.54 Å². The Balaban J connectivity index is 2.44. The van der Waals surface area contributed by atoms with Crippen molar-refractivity contribution in [3.8, 4) is 0 Å². The molecule has 0 aliphatic rings. The lowest BCUT2D eigenvalue weighted by Crippen LogP contribution is -2.44. The van der Waals surface area contributed by atoms with Gasteiger partial charge < -0.3 is 5.32 Å². The fourth-order valence-corrected chi connectivity index (χ4v) is 2.32. The van der Waals surface area contributed by atoms with Crippen molar-refractivity contribution in [1.29, 1.82) is 0 Å². The first-order valence-corrected chi connectivity index (χ1v) is 8.42. The van der Waals surface area contributed by atoms with Crippen LogP contribution in [0, 0.1) is 0 Å². The van der Waals surface area contributed by atoms with Crippen LogP contribution in [0.2, 0.25) is 0 Å². The maximum absolute atomic E-state index is 3.51. The highest BCUT2D eigenvalue weighted by Crippen LogP contribution is 2.16. The molecule has 0 saturated carbocycles. The number of nitrogens with one attached hydrogen (secondary N) is 1. The Morgan fingerprint density at radius 1 is 1.11 bits per heavy atom. The largest absolute Gasteiger partial charge is 0.315 e. The van der Waals surface area contributed by atoms with Crippen molar-refractivity contribution < 1.29 is 0 Å². The molecule has 0 aliphatic heterocycles. The first kappa shape index (κ1) is 16.5. The molecule has 1 rings (SSSR count). The Kier molecular flexibility index (Phi) is 7.51. The predicted octanol–water partition coefficient (Wildman–Crippen LogP) is 3.24. The molecule has 1 N–H and O–H groups in total. The summed E-state index contributed by atoms with van der Waals surface area (Å²) in [6.07, 6.45) is 2.15. The molecule has 2 nitrogen and oxygen atoms in total. The lowest BCUT2D eigenvalue weighted by atomic mass is 10.0. The fourth-order valence-electron chi connectivity index (χ4n) is 1.97. The van der Waals surface area contributed by atoms with Crippen LogP contribution < -0.4 is 5.32 Å². The van der Waals surface area contributed by atoms with Gasteiger partial charge in [0.25, 0.3) is 0 Å². The summed E-state index contributed by atoms with van der Waals surface area (Å²) in [6.45, 7) is 11.1. The number of nitrogens with zero attached hydrogens (tertiary/aromatic N) is 1. The van der Waals surface area contributed by atoms with E-state index in [0.717, 1.165) is 26.2 Å². The molecule has 0 saturated heterocycles. The van der Waals surface area contributed by atoms with Gasteiger partial charge in [-0.25, -0.2) is 0 Å². The third-order valence-corrected chi connectivity index (χ3v) is 3.82. The molecule has 3 heteroatoms. The number of hydrogen-bond donors (Lipinski definition) is 1. The third kappa shape index (κ3) is 7.00. The lowest BCUT2D eigenvalue weighted by Gasteiger charge is -2.36. The van der Waals surface area contributed by atoms with Crippen molar-refractivity contribution in [2.75, 3.05) is 31.6 Å². The first-order chi connectivity index (χ1) is 9.04. The van der Waals surface area contributed by atoms with Crippen LogP contribution in [0.25, 0.3) is 0 Å². The van der Waals surface area contributed by atoms with Gasteiger partial charge in [-0.15, -0.1) is 0 Å². The fraction of sp³-hybridized carbons (Fsp3) is 0.625. The standard InChI is InChI=1S/C16H28N2S/c1-16(2,3)18(12-10-17-11-13-19-4)14-15-8-6-5-7-9-15/h5-9,17H,10-14H2,1-4H3. The number of benzene rings is 1. The highest BCUT2D eigenvalue weighted by atomic mass is 32.2. The number of thioether (sulfide) groups is 1. The van der Waals surface area contributed by atoms with Crippen LogP contribution in [0.15, 0.2) is 30.3 Å². The molecule has 0 unspecified atom stereocenters. The molecule has 0 heterocycles. The van der Waals surface area contributed by atoms with E-state index in [2.05, 4.69) is 67.6 Å². The van der Waals surface area contributed by atoms with Gasteiger partial charge in [-0.3, -0.25) is 4.90 Å². The summed E-state index contributed by atoms with van der Waals surface area (Å²) in [5.41, 5.74) is 1.60. The SMILES string of the molecule is CSCCNCCN(Cc1ccccc1)C(C)(C)C. The van der Waals surface area contributed by atoms with E-state index in [0.29, 0.717) is 0 Å². The van der Waals surface area contributed by atoms with Crippen molar-refractivity contribution in [3.63, 3.8) is 0 Å². The Hall–Kier alpha value is -0.510. The van der Waals surface area contributed by atoms with E-state index in [4.69, 9.17) is 0 Å². The Bertz CT molecular complexity index is 332. The second kappa shape index (κ2) is 8.62. The molecule has 1 aromatic rings. The average molecular weight is 280 g/mol. The summed E-state index contributed by atoms with van der Waals surface area (Å²) in [4.78, 5) is 2.54. The zero-order valence-corrected chi connectivity index (χ0v) is 13.6. The molecule has 108 valence electrons. The molecule has 19 heavy (non-hydrogen) atoms. The quantitative estimate of drug-likeness (QED) is 0.736. The topological polar surface area (TPSA) is 15.3 Å². The minimum atomic E-state index is 0.205. The lowest BCUT2D eigenvalue weighted by molar-refractivity contribution is 0.129. The second-order valence-electron chi connectivity index (χ2n) is 5.82. The van der Waals surface area contributed by atoms with Gasteiger partial charge in [-0.1, -0.05) is 30.3 Å². The van der Waals surface area contributed by atoms with Gasteiger partial charge in [0.2, 0.25) is 0 Å². The van der Waals surface area contributed by atoms with Crippen molar-refractivity contribution >= 4 is 11.8 Å². The van der Waals surface area contributed by atoms with E-state index in [1.54, 1.807) is 0 Å². The minimum absolute atomic E-state index is 0.205. The molecule has 0 spiro atoms. The molecule has 0 atom stereocenters. The molecule has 0 amide bonds. The number of rotatable bonds is 8. The van der Waals surface area contributed by atoms with E-state index >= 15 is 0 Å². The number of hydrogen-bond acceptors (Lipinski definition) is 3. The summed E-state index contributed by atoms with van der Waals surface area (Å²) in [5, 5.41) is 3.51. The summed E-state index contributed by atoms with van der Waals surface area (Å²) in [6, 6.07) is 10.7. The predicted molar refractivity (Wildman–Crippen MR) is 87.9 cm³/mol. The van der Waals surface area contributed by atoms with Crippen molar-refractivity contribution in [1.82, 2.24) is 10.2 Å². The molecule has 1 aromatic carbocycles. The molecule has 0 radical (unpaired) electrons. The summed E-state index contributed by atoms with van der Waals surface area (Å²) in [5.74, 6) is 1.19. The van der Waals surface area contributed by atoms with Crippen LogP contribution in [0.1, 0.15) is 26.3 Å². The molecule has 0 aliphatic carbocycles. The van der Waals surface area contributed by atoms with Crippen molar-refractivity contribution in [2.24, 2.45) is 0 Å². The van der Waals surface area contributed by atoms with Gasteiger partial charge in [0.05, 0.1) is 0 Å². The van der Waals surface area contributed by atoms with Gasteiger partial charge in [0.15, 0.2) is 0 Å². The van der Waals surface area contributed by atoms with E-state index in [1.165, 1.54) is 11.3 Å². The summed E-state index contributed by atoms with van der Waals surface area (Å²) < 4.78 is 0. The smallest absolute Gasteiger partial charge is 0.0239 e. The summed E-state index contributed by atoms with van der Waals surface area (Å²) in [7, 11) is 0. The van der Waals surface area contributed by atoms with Gasteiger partial charge in [-0.05, 0) is 32.6 Å². The zero-order chi connectivity index (χ0) is 14.1. The van der Waals surface area contributed by atoms with Crippen LogP contribution in [-0.4, -0.2) is 42.1 Å². The van der Waals surface area contributed by atoms with Crippen LogP contribution in [0.4, 0.5) is 0 Å². The highest BCUT2D eigenvalue weighted by Gasteiger charge is 2.20. The molecule has 0 aromatic heterocycles. The average Bonchev–Trinajstić information content (AvgIpc) is 2.37. The van der Waals surface area contributed by atoms with Gasteiger partial charge in [0, 0.05) is 37.5 Å². The van der Waals surface area contributed by atoms with Gasteiger partial charge in [0.1, 0.15) is 0 Å². The highest BCUT2D eigenvalue weighted by molar-refractivity contribution is 7.98. The van der Waals surface area contributed by atoms with Crippen LogP contribution >= 0.6 is 11.8 Å². The third-order valence-electron chi connectivity index (χ3n) is 3.21. The first-order valence-electron chi connectivity index (χ1n) is 7.02. The van der Waals surface area contributed by atoms with Gasteiger partial charge in [-0.2, -0.15) is 11.8 Å². The molecule has 0 bridgehead atoms. The Morgan fingerprint density at radius 3 is 2.37 bits per heavy atom. The van der Waals surface area contributed by atoms with Gasteiger partial charge >= 0.3 is 0 Å². The van der Waals surface area contributed by atoms with Crippen molar-refractivity contribution in [3.05, 3.63) is 35.9 Å². The molecular formula is C16H28N2S. The Labute approximate surface area is 123 Å². The van der Waals surface area contributed by atoms with E-state index < -0.39 is 0 Å². The van der Waals surface area contributed by atoms with E-state index in [9.17, 15) is 0 Å². The molecular weight excluding hydrogens is 252 g/mol.